The lowest BCUT2D eigenvalue weighted by molar-refractivity contribution is 0.227. The molecule has 2 N–H and O–H groups in total. The van der Waals surface area contributed by atoms with Gasteiger partial charge in [0.2, 0.25) is 0 Å². The molecular formula is C19H28N2O4S. The van der Waals surface area contributed by atoms with E-state index < -0.39 is 9.84 Å². The highest BCUT2D eigenvalue weighted by molar-refractivity contribution is 7.91. The number of carbonyl (C=O) groups excluding carboxylic acids is 1. The predicted molar refractivity (Wildman–Crippen MR) is 101 cm³/mol. The maximum atomic E-state index is 12.5. The van der Waals surface area contributed by atoms with Gasteiger partial charge in [0.15, 0.2) is 0 Å². The minimum atomic E-state index is -2.98. The van der Waals surface area contributed by atoms with Crippen molar-refractivity contribution in [3.8, 4) is 5.75 Å². The monoisotopic (exact) mass is 380 g/mol. The number of urea groups is 1. The summed E-state index contributed by atoms with van der Waals surface area (Å²) in [5, 5.41) is 5.88. The van der Waals surface area contributed by atoms with Crippen LogP contribution in [-0.2, 0) is 9.84 Å². The van der Waals surface area contributed by atoms with Crippen LogP contribution in [0.25, 0.3) is 0 Å². The van der Waals surface area contributed by atoms with Crippen LogP contribution in [-0.4, -0.2) is 39.1 Å². The Kier molecular flexibility index (Phi) is 5.75. The van der Waals surface area contributed by atoms with Gasteiger partial charge in [-0.1, -0.05) is 12.1 Å². The average molecular weight is 381 g/mol. The number of sulfone groups is 1. The lowest BCUT2D eigenvalue weighted by Crippen LogP contribution is -2.46. The largest absolute Gasteiger partial charge is 0.497 e. The van der Waals surface area contributed by atoms with Crippen molar-refractivity contribution in [3.05, 3.63) is 29.8 Å². The molecule has 6 nitrogen and oxygen atoms in total. The number of rotatable bonds is 6. The molecule has 0 spiro atoms. The highest BCUT2D eigenvalue weighted by atomic mass is 32.2. The molecule has 0 saturated heterocycles. The van der Waals surface area contributed by atoms with Crippen molar-refractivity contribution >= 4 is 15.9 Å². The number of methoxy groups -OCH3 is 1. The molecule has 0 bridgehead atoms. The number of ether oxygens (including phenoxy) is 1. The van der Waals surface area contributed by atoms with Crippen molar-refractivity contribution in [1.29, 1.82) is 0 Å². The Morgan fingerprint density at radius 1 is 1.08 bits per heavy atom. The first-order valence-corrected chi connectivity index (χ1v) is 11.2. The Morgan fingerprint density at radius 3 is 2.19 bits per heavy atom. The second kappa shape index (κ2) is 7.86. The third kappa shape index (κ3) is 4.90. The molecule has 3 rings (SSSR count). The summed E-state index contributed by atoms with van der Waals surface area (Å²) in [7, 11) is -1.34. The van der Waals surface area contributed by atoms with Crippen LogP contribution in [0.15, 0.2) is 24.3 Å². The summed E-state index contributed by atoms with van der Waals surface area (Å²) in [6, 6.07) is 7.71. The summed E-state index contributed by atoms with van der Waals surface area (Å²) in [6.07, 6.45) is 6.20. The first kappa shape index (κ1) is 19.0. The molecule has 0 aliphatic heterocycles. The van der Waals surface area contributed by atoms with Crippen LogP contribution in [0.4, 0.5) is 4.79 Å². The van der Waals surface area contributed by atoms with Gasteiger partial charge in [0.25, 0.3) is 0 Å². The summed E-state index contributed by atoms with van der Waals surface area (Å²) in [5.74, 6) is 1.28. The Hall–Kier alpha value is -1.76. The standard InChI is InChI=1S/C19H28N2O4S/c1-25-16-9-5-14(6-10-16)18(13-3-4-13)21-19(22)20-15-7-11-17(12-8-15)26(2,23)24/h5-6,9-10,13,15,17-18H,3-4,7-8,11-12H2,1-2H3,(H2,20,21,22). The van der Waals surface area contributed by atoms with Crippen LogP contribution in [0, 0.1) is 5.92 Å². The van der Waals surface area contributed by atoms with E-state index in [1.54, 1.807) is 7.11 Å². The molecule has 0 aromatic heterocycles. The van der Waals surface area contributed by atoms with Gasteiger partial charge in [-0.15, -0.1) is 0 Å². The summed E-state index contributed by atoms with van der Waals surface area (Å²) >= 11 is 0. The number of amides is 2. The zero-order chi connectivity index (χ0) is 18.7. The normalized spacial score (nSPS) is 24.5. The van der Waals surface area contributed by atoms with Gasteiger partial charge in [-0.25, -0.2) is 13.2 Å². The molecule has 2 aliphatic rings. The summed E-state index contributed by atoms with van der Waals surface area (Å²) in [4.78, 5) is 12.5. The van der Waals surface area contributed by atoms with E-state index in [1.165, 1.54) is 6.26 Å². The molecule has 1 aromatic rings. The van der Waals surface area contributed by atoms with E-state index in [9.17, 15) is 13.2 Å². The van der Waals surface area contributed by atoms with Crippen molar-refractivity contribution in [2.75, 3.05) is 13.4 Å². The van der Waals surface area contributed by atoms with Crippen molar-refractivity contribution in [2.45, 2.75) is 55.9 Å². The van der Waals surface area contributed by atoms with Crippen molar-refractivity contribution in [1.82, 2.24) is 10.6 Å². The quantitative estimate of drug-likeness (QED) is 0.795. The lowest BCUT2D eigenvalue weighted by Gasteiger charge is -2.29. The Labute approximate surface area is 155 Å². The number of nitrogens with one attached hydrogen (secondary N) is 2. The molecule has 2 aliphatic carbocycles. The van der Waals surface area contributed by atoms with Gasteiger partial charge >= 0.3 is 6.03 Å². The molecule has 0 heterocycles. The van der Waals surface area contributed by atoms with E-state index >= 15 is 0 Å². The molecular weight excluding hydrogens is 352 g/mol. The third-order valence-corrected chi connectivity index (χ3v) is 7.15. The van der Waals surface area contributed by atoms with Gasteiger partial charge in [0.05, 0.1) is 18.4 Å². The molecule has 26 heavy (non-hydrogen) atoms. The van der Waals surface area contributed by atoms with Crippen molar-refractivity contribution in [2.24, 2.45) is 5.92 Å². The lowest BCUT2D eigenvalue weighted by atomic mass is 9.95. The van der Waals surface area contributed by atoms with Crippen LogP contribution in [0.2, 0.25) is 0 Å². The van der Waals surface area contributed by atoms with Crippen LogP contribution in [0.1, 0.15) is 50.1 Å². The SMILES string of the molecule is COc1ccc(C(NC(=O)NC2CCC(S(C)(=O)=O)CC2)C2CC2)cc1. The number of hydrogen-bond acceptors (Lipinski definition) is 4. The number of carbonyl (C=O) groups is 1. The fraction of sp³-hybridized carbons (Fsp3) is 0.632. The molecule has 0 radical (unpaired) electrons. The second-order valence-electron chi connectivity index (χ2n) is 7.51. The minimum Gasteiger partial charge on any atom is -0.497 e. The topological polar surface area (TPSA) is 84.5 Å². The zero-order valence-corrected chi connectivity index (χ0v) is 16.2. The second-order valence-corrected chi connectivity index (χ2v) is 9.83. The van der Waals surface area contributed by atoms with Gasteiger partial charge in [0, 0.05) is 12.3 Å². The third-order valence-electron chi connectivity index (χ3n) is 5.47. The van der Waals surface area contributed by atoms with E-state index in [4.69, 9.17) is 4.74 Å². The number of hydrogen-bond donors (Lipinski definition) is 2. The molecule has 1 unspecified atom stereocenters. The smallest absolute Gasteiger partial charge is 0.315 e. The molecule has 2 fully saturated rings. The van der Waals surface area contributed by atoms with E-state index in [1.807, 2.05) is 24.3 Å². The summed E-state index contributed by atoms with van der Waals surface area (Å²) in [6.45, 7) is 0. The molecule has 2 amide bonds. The molecule has 7 heteroatoms. The summed E-state index contributed by atoms with van der Waals surface area (Å²) in [5.41, 5.74) is 1.09. The first-order chi connectivity index (χ1) is 12.4. The van der Waals surface area contributed by atoms with E-state index in [0.29, 0.717) is 31.6 Å². The molecule has 1 atom stereocenters. The molecule has 144 valence electrons. The van der Waals surface area contributed by atoms with Crippen LogP contribution >= 0.6 is 0 Å². The van der Waals surface area contributed by atoms with Crippen molar-refractivity contribution in [3.63, 3.8) is 0 Å². The van der Waals surface area contributed by atoms with Gasteiger partial charge < -0.3 is 15.4 Å². The highest BCUT2D eigenvalue weighted by Gasteiger charge is 2.34. The predicted octanol–water partition coefficient (Wildman–Crippen LogP) is 2.80. The Balaban J connectivity index is 1.54. The highest BCUT2D eigenvalue weighted by Crippen LogP contribution is 2.41. The fourth-order valence-electron chi connectivity index (χ4n) is 3.72. The van der Waals surface area contributed by atoms with Crippen LogP contribution < -0.4 is 15.4 Å². The van der Waals surface area contributed by atoms with E-state index in [2.05, 4.69) is 10.6 Å². The zero-order valence-electron chi connectivity index (χ0n) is 15.4. The minimum absolute atomic E-state index is 0.00765. The molecule has 2 saturated carbocycles. The van der Waals surface area contributed by atoms with Crippen molar-refractivity contribution < 1.29 is 17.9 Å². The maximum Gasteiger partial charge on any atom is 0.315 e. The van der Waals surface area contributed by atoms with Gasteiger partial charge in [-0.2, -0.15) is 0 Å². The summed E-state index contributed by atoms with van der Waals surface area (Å²) < 4.78 is 28.5. The Morgan fingerprint density at radius 2 is 1.69 bits per heavy atom. The van der Waals surface area contributed by atoms with Crippen LogP contribution in [0.5, 0.6) is 5.75 Å². The fourth-order valence-corrected chi connectivity index (χ4v) is 4.85. The molecule has 1 aromatic carbocycles. The van der Waals surface area contributed by atoms with Gasteiger partial charge in [0.1, 0.15) is 15.6 Å². The first-order valence-electron chi connectivity index (χ1n) is 9.26. The number of benzene rings is 1. The Bertz CT molecular complexity index is 720. The van der Waals surface area contributed by atoms with Gasteiger partial charge in [-0.3, -0.25) is 0 Å². The maximum absolute atomic E-state index is 12.5. The van der Waals surface area contributed by atoms with E-state index in [-0.39, 0.29) is 23.4 Å². The average Bonchev–Trinajstić information content (AvgIpc) is 3.44. The van der Waals surface area contributed by atoms with E-state index in [0.717, 1.165) is 24.2 Å². The van der Waals surface area contributed by atoms with Crippen LogP contribution in [0.3, 0.4) is 0 Å². The van der Waals surface area contributed by atoms with Gasteiger partial charge in [-0.05, 0) is 62.1 Å².